The van der Waals surface area contributed by atoms with E-state index in [0.29, 0.717) is 14.8 Å². The fraction of sp³-hybridized carbons (Fsp3) is 0. The first-order valence-corrected chi connectivity index (χ1v) is 4.89. The van der Waals surface area contributed by atoms with Crippen molar-refractivity contribution in [3.8, 4) is 0 Å². The van der Waals surface area contributed by atoms with E-state index in [2.05, 4.69) is 25.9 Å². The second-order valence-electron chi connectivity index (χ2n) is 2.22. The fourth-order valence-electron chi connectivity index (χ4n) is 0.939. The highest BCUT2D eigenvalue weighted by Gasteiger charge is 2.17. The normalized spacial score (nSPS) is 10.5. The summed E-state index contributed by atoms with van der Waals surface area (Å²) in [6.45, 7) is 0. The van der Waals surface area contributed by atoms with E-state index in [-0.39, 0.29) is 5.69 Å². The van der Waals surface area contributed by atoms with Gasteiger partial charge in [-0.3, -0.25) is 10.1 Å². The molecule has 0 aromatic carbocycles. The Balaban J connectivity index is 2.83. The van der Waals surface area contributed by atoms with Gasteiger partial charge in [-0.2, -0.15) is 0 Å². The lowest BCUT2D eigenvalue weighted by Gasteiger charge is -1.89. The third-order valence-electron chi connectivity index (χ3n) is 1.49. The van der Waals surface area contributed by atoms with Crippen molar-refractivity contribution in [1.82, 2.24) is 9.97 Å². The number of rotatable bonds is 1. The van der Waals surface area contributed by atoms with Crippen molar-refractivity contribution in [2.45, 2.75) is 0 Å². The van der Waals surface area contributed by atoms with Crippen molar-refractivity contribution < 1.29 is 4.92 Å². The summed E-state index contributed by atoms with van der Waals surface area (Å²) >= 11 is 4.45. The molecule has 2 aromatic heterocycles. The summed E-state index contributed by atoms with van der Waals surface area (Å²) in [5, 5.41) is 12.0. The Morgan fingerprint density at radius 3 is 3.00 bits per heavy atom. The molecule has 0 fully saturated rings. The number of nitro groups is 1. The van der Waals surface area contributed by atoms with Crippen LogP contribution in [0.25, 0.3) is 10.2 Å². The van der Waals surface area contributed by atoms with Gasteiger partial charge in [0.25, 0.3) is 0 Å². The first-order chi connectivity index (χ1) is 6.20. The van der Waals surface area contributed by atoms with E-state index >= 15 is 0 Å². The summed E-state index contributed by atoms with van der Waals surface area (Å²) in [6.07, 6.45) is 1.30. The zero-order valence-electron chi connectivity index (χ0n) is 6.10. The summed E-state index contributed by atoms with van der Waals surface area (Å²) in [6, 6.07) is 0. The molecule has 0 bridgehead atoms. The summed E-state index contributed by atoms with van der Waals surface area (Å²) in [7, 11) is 0. The second-order valence-corrected chi connectivity index (χ2v) is 3.85. The van der Waals surface area contributed by atoms with Crippen LogP contribution in [0, 0.1) is 10.1 Å². The average Bonchev–Trinajstić information content (AvgIpc) is 2.48. The molecule has 2 rings (SSSR count). The van der Waals surface area contributed by atoms with E-state index in [4.69, 9.17) is 0 Å². The van der Waals surface area contributed by atoms with Gasteiger partial charge in [-0.25, -0.2) is 9.97 Å². The number of aromatic nitrogens is 2. The molecule has 0 N–H and O–H groups in total. The van der Waals surface area contributed by atoms with Gasteiger partial charge in [0.1, 0.15) is 10.9 Å². The topological polar surface area (TPSA) is 68.9 Å². The Morgan fingerprint density at radius 2 is 2.31 bits per heavy atom. The minimum absolute atomic E-state index is 0.0306. The molecule has 0 saturated heterocycles. The van der Waals surface area contributed by atoms with E-state index in [1.54, 1.807) is 0 Å². The molecule has 2 aromatic rings. The molecule has 13 heavy (non-hydrogen) atoms. The Bertz CT molecular complexity index is 484. The van der Waals surface area contributed by atoms with Gasteiger partial charge in [-0.1, -0.05) is 0 Å². The summed E-state index contributed by atoms with van der Waals surface area (Å²) in [4.78, 5) is 17.8. The lowest BCUT2D eigenvalue weighted by Crippen LogP contribution is -1.87. The second kappa shape index (κ2) is 3.00. The highest BCUT2D eigenvalue weighted by molar-refractivity contribution is 9.10. The molecule has 0 amide bonds. The SMILES string of the molecule is O=[N+]([O-])c1csc2c(Br)ncnc12. The largest absolute Gasteiger partial charge is 0.306 e. The first-order valence-electron chi connectivity index (χ1n) is 3.22. The van der Waals surface area contributed by atoms with E-state index in [9.17, 15) is 10.1 Å². The molecule has 66 valence electrons. The van der Waals surface area contributed by atoms with Gasteiger partial charge in [-0.05, 0) is 15.9 Å². The zero-order chi connectivity index (χ0) is 9.42. The fourth-order valence-corrected chi connectivity index (χ4v) is 2.34. The summed E-state index contributed by atoms with van der Waals surface area (Å²) < 4.78 is 1.30. The number of thiophene rings is 1. The Labute approximate surface area is 84.7 Å². The van der Waals surface area contributed by atoms with Crippen molar-refractivity contribution in [2.24, 2.45) is 0 Å². The maximum Gasteiger partial charge on any atom is 0.306 e. The standard InChI is InChI=1S/C6H2BrN3O2S/c7-6-5-4(8-2-9-6)3(1-13-5)10(11)12/h1-2H. The molecular formula is C6H2BrN3O2S. The molecular weight excluding hydrogens is 258 g/mol. The number of fused-ring (bicyclic) bond motifs is 1. The highest BCUT2D eigenvalue weighted by atomic mass is 79.9. The van der Waals surface area contributed by atoms with Crippen LogP contribution in [-0.4, -0.2) is 14.9 Å². The Morgan fingerprint density at radius 1 is 1.54 bits per heavy atom. The maximum absolute atomic E-state index is 10.5. The van der Waals surface area contributed by atoms with Crippen LogP contribution in [-0.2, 0) is 0 Å². The van der Waals surface area contributed by atoms with Crippen LogP contribution in [0.4, 0.5) is 5.69 Å². The Hall–Kier alpha value is -1.08. The van der Waals surface area contributed by atoms with E-state index in [1.165, 1.54) is 23.0 Å². The monoisotopic (exact) mass is 259 g/mol. The maximum atomic E-state index is 10.5. The van der Waals surface area contributed by atoms with Crippen molar-refractivity contribution in [3.63, 3.8) is 0 Å². The molecule has 7 heteroatoms. The van der Waals surface area contributed by atoms with Crippen LogP contribution in [0.5, 0.6) is 0 Å². The van der Waals surface area contributed by atoms with Crippen molar-refractivity contribution >= 4 is 43.2 Å². The van der Waals surface area contributed by atoms with Crippen LogP contribution >= 0.6 is 27.3 Å². The quantitative estimate of drug-likeness (QED) is 0.448. The lowest BCUT2D eigenvalue weighted by atomic mass is 10.4. The van der Waals surface area contributed by atoms with Gasteiger partial charge in [0.2, 0.25) is 0 Å². The van der Waals surface area contributed by atoms with Crippen LogP contribution < -0.4 is 0 Å². The molecule has 0 aliphatic rings. The van der Waals surface area contributed by atoms with E-state index in [1.807, 2.05) is 0 Å². The van der Waals surface area contributed by atoms with Crippen LogP contribution in [0.15, 0.2) is 16.3 Å². The molecule has 5 nitrogen and oxygen atoms in total. The van der Waals surface area contributed by atoms with Gasteiger partial charge in [-0.15, -0.1) is 11.3 Å². The van der Waals surface area contributed by atoms with Crippen LogP contribution in [0.3, 0.4) is 0 Å². The van der Waals surface area contributed by atoms with Gasteiger partial charge in [0, 0.05) is 0 Å². The van der Waals surface area contributed by atoms with Gasteiger partial charge < -0.3 is 0 Å². The predicted octanol–water partition coefficient (Wildman–Crippen LogP) is 2.36. The van der Waals surface area contributed by atoms with Crippen molar-refractivity contribution in [2.75, 3.05) is 0 Å². The molecule has 2 heterocycles. The third-order valence-corrected chi connectivity index (χ3v) is 3.32. The van der Waals surface area contributed by atoms with Crippen molar-refractivity contribution in [3.05, 3.63) is 26.4 Å². The van der Waals surface area contributed by atoms with E-state index in [0.717, 1.165) is 0 Å². The molecule has 0 spiro atoms. The molecule has 0 saturated carbocycles. The van der Waals surface area contributed by atoms with Gasteiger partial charge >= 0.3 is 5.69 Å². The van der Waals surface area contributed by atoms with Gasteiger partial charge in [0.15, 0.2) is 5.52 Å². The molecule has 0 unspecified atom stereocenters. The number of hydrogen-bond donors (Lipinski definition) is 0. The predicted molar refractivity (Wildman–Crippen MR) is 51.8 cm³/mol. The average molecular weight is 260 g/mol. The third kappa shape index (κ3) is 1.29. The molecule has 0 aliphatic carbocycles. The van der Waals surface area contributed by atoms with Crippen molar-refractivity contribution in [1.29, 1.82) is 0 Å². The zero-order valence-corrected chi connectivity index (χ0v) is 8.50. The number of halogens is 1. The van der Waals surface area contributed by atoms with Crippen LogP contribution in [0.2, 0.25) is 0 Å². The molecule has 0 radical (unpaired) electrons. The minimum atomic E-state index is -0.446. The number of nitrogens with zero attached hydrogens (tertiary/aromatic N) is 3. The highest BCUT2D eigenvalue weighted by Crippen LogP contribution is 2.33. The lowest BCUT2D eigenvalue weighted by molar-refractivity contribution is -0.382. The van der Waals surface area contributed by atoms with Crippen LogP contribution in [0.1, 0.15) is 0 Å². The summed E-state index contributed by atoms with van der Waals surface area (Å²) in [5.41, 5.74) is 0.417. The smallest absolute Gasteiger partial charge is 0.258 e. The van der Waals surface area contributed by atoms with Gasteiger partial charge in [0.05, 0.1) is 15.0 Å². The molecule has 0 atom stereocenters. The number of hydrogen-bond acceptors (Lipinski definition) is 5. The first kappa shape index (κ1) is 8.52. The van der Waals surface area contributed by atoms with E-state index < -0.39 is 4.92 Å². The Kier molecular flexibility index (Phi) is 1.97. The molecule has 0 aliphatic heterocycles. The minimum Gasteiger partial charge on any atom is -0.258 e. The summed E-state index contributed by atoms with van der Waals surface area (Å²) in [5.74, 6) is 0.